The topological polar surface area (TPSA) is 46.3 Å². The number of hydrogen-bond donors (Lipinski definition) is 1. The Hall–Kier alpha value is -0.390. The van der Waals surface area contributed by atoms with Crippen LogP contribution in [0.25, 0.3) is 0 Å². The van der Waals surface area contributed by atoms with Crippen molar-refractivity contribution in [2.75, 3.05) is 13.6 Å². The van der Waals surface area contributed by atoms with Gasteiger partial charge in [-0.25, -0.2) is 0 Å². The first-order chi connectivity index (χ1) is 7.52. The number of carbonyl (C=O) groups excluding carboxylic acids is 1. The number of carbonyl (C=O) groups is 1. The SMILES string of the molecule is CC(CN)CC(=O)N(C)Cc1ccc(Br)s1. The number of amides is 1. The zero-order valence-corrected chi connectivity index (χ0v) is 12.0. The molecule has 5 heteroatoms. The van der Waals surface area contributed by atoms with Gasteiger partial charge in [-0.05, 0) is 40.5 Å². The molecule has 1 aromatic heterocycles. The first-order valence-electron chi connectivity index (χ1n) is 5.21. The predicted molar refractivity (Wildman–Crippen MR) is 71.3 cm³/mol. The molecule has 0 saturated heterocycles. The molecule has 2 N–H and O–H groups in total. The zero-order chi connectivity index (χ0) is 12.1. The van der Waals surface area contributed by atoms with Gasteiger partial charge in [0.25, 0.3) is 0 Å². The van der Waals surface area contributed by atoms with Crippen molar-refractivity contribution < 1.29 is 4.79 Å². The van der Waals surface area contributed by atoms with Crippen molar-refractivity contribution in [1.29, 1.82) is 0 Å². The summed E-state index contributed by atoms with van der Waals surface area (Å²) in [6.45, 7) is 3.23. The van der Waals surface area contributed by atoms with Gasteiger partial charge in [-0.15, -0.1) is 11.3 Å². The largest absolute Gasteiger partial charge is 0.341 e. The van der Waals surface area contributed by atoms with Gasteiger partial charge in [0.2, 0.25) is 5.91 Å². The molecule has 0 aliphatic heterocycles. The highest BCUT2D eigenvalue weighted by Gasteiger charge is 2.13. The van der Waals surface area contributed by atoms with Crippen molar-refractivity contribution in [3.05, 3.63) is 20.8 Å². The van der Waals surface area contributed by atoms with Gasteiger partial charge in [0, 0.05) is 18.3 Å². The van der Waals surface area contributed by atoms with Gasteiger partial charge in [-0.2, -0.15) is 0 Å². The summed E-state index contributed by atoms with van der Waals surface area (Å²) in [6.07, 6.45) is 0.527. The number of halogens is 1. The van der Waals surface area contributed by atoms with E-state index < -0.39 is 0 Å². The molecule has 0 aromatic carbocycles. The minimum Gasteiger partial charge on any atom is -0.341 e. The summed E-state index contributed by atoms with van der Waals surface area (Å²) in [5.41, 5.74) is 5.50. The van der Waals surface area contributed by atoms with Crippen LogP contribution in [-0.2, 0) is 11.3 Å². The zero-order valence-electron chi connectivity index (χ0n) is 9.57. The fourth-order valence-electron chi connectivity index (χ4n) is 1.30. The molecule has 0 spiro atoms. The van der Waals surface area contributed by atoms with Crippen LogP contribution in [0.15, 0.2) is 15.9 Å². The third-order valence-electron chi connectivity index (χ3n) is 2.37. The van der Waals surface area contributed by atoms with Crippen molar-refractivity contribution in [3.8, 4) is 0 Å². The second kappa shape index (κ2) is 6.37. The Morgan fingerprint density at radius 3 is 2.81 bits per heavy atom. The molecule has 0 bridgehead atoms. The average Bonchev–Trinajstić information content (AvgIpc) is 2.63. The van der Waals surface area contributed by atoms with E-state index in [1.54, 1.807) is 16.2 Å². The lowest BCUT2D eigenvalue weighted by Crippen LogP contribution is -2.28. The van der Waals surface area contributed by atoms with E-state index >= 15 is 0 Å². The summed E-state index contributed by atoms with van der Waals surface area (Å²) in [4.78, 5) is 14.7. The van der Waals surface area contributed by atoms with Crippen LogP contribution in [0.3, 0.4) is 0 Å². The van der Waals surface area contributed by atoms with Crippen LogP contribution in [0, 0.1) is 5.92 Å². The van der Waals surface area contributed by atoms with Gasteiger partial charge in [0.1, 0.15) is 0 Å². The summed E-state index contributed by atoms with van der Waals surface area (Å²) in [7, 11) is 1.83. The molecule has 0 radical (unpaired) electrons. The van der Waals surface area contributed by atoms with Crippen LogP contribution in [0.2, 0.25) is 0 Å². The van der Waals surface area contributed by atoms with Crippen molar-refractivity contribution in [2.24, 2.45) is 11.7 Å². The van der Waals surface area contributed by atoms with E-state index in [4.69, 9.17) is 5.73 Å². The number of nitrogens with two attached hydrogens (primary N) is 1. The van der Waals surface area contributed by atoms with E-state index in [0.717, 1.165) is 3.79 Å². The molecule has 0 aliphatic rings. The standard InChI is InChI=1S/C11H17BrN2OS/c1-8(6-13)5-11(15)14(2)7-9-3-4-10(12)16-9/h3-4,8H,5-7,13H2,1-2H3. The average molecular weight is 305 g/mol. The molecule has 1 atom stereocenters. The Kier molecular flexibility index (Phi) is 5.44. The lowest BCUT2D eigenvalue weighted by molar-refractivity contribution is -0.131. The molecule has 1 aromatic rings. The fraction of sp³-hybridized carbons (Fsp3) is 0.545. The highest BCUT2D eigenvalue weighted by molar-refractivity contribution is 9.11. The summed E-state index contributed by atoms with van der Waals surface area (Å²) >= 11 is 5.07. The van der Waals surface area contributed by atoms with Gasteiger partial charge in [-0.1, -0.05) is 6.92 Å². The van der Waals surface area contributed by atoms with E-state index in [-0.39, 0.29) is 11.8 Å². The molecule has 1 rings (SSSR count). The molecule has 1 heterocycles. The summed E-state index contributed by atoms with van der Waals surface area (Å²) in [5, 5.41) is 0. The summed E-state index contributed by atoms with van der Waals surface area (Å²) in [5.74, 6) is 0.410. The van der Waals surface area contributed by atoms with Crippen molar-refractivity contribution in [1.82, 2.24) is 4.90 Å². The Balaban J connectivity index is 2.45. The maximum absolute atomic E-state index is 11.8. The molecule has 0 saturated carbocycles. The van der Waals surface area contributed by atoms with Gasteiger partial charge in [0.15, 0.2) is 0 Å². The van der Waals surface area contributed by atoms with Crippen molar-refractivity contribution in [2.45, 2.75) is 19.9 Å². The quantitative estimate of drug-likeness (QED) is 0.908. The minimum atomic E-state index is 0.155. The van der Waals surface area contributed by atoms with Crippen LogP contribution < -0.4 is 5.73 Å². The molecule has 3 nitrogen and oxygen atoms in total. The molecule has 1 unspecified atom stereocenters. The van der Waals surface area contributed by atoms with Gasteiger partial charge in [0.05, 0.1) is 10.3 Å². The lowest BCUT2D eigenvalue weighted by Gasteiger charge is -2.18. The normalized spacial score (nSPS) is 12.5. The highest BCUT2D eigenvalue weighted by Crippen LogP contribution is 2.23. The lowest BCUT2D eigenvalue weighted by atomic mass is 10.1. The van der Waals surface area contributed by atoms with E-state index in [9.17, 15) is 4.79 Å². The molecular weight excluding hydrogens is 288 g/mol. The van der Waals surface area contributed by atoms with Crippen LogP contribution in [-0.4, -0.2) is 24.4 Å². The Labute approximate surface area is 109 Å². The molecule has 1 amide bonds. The van der Waals surface area contributed by atoms with Crippen molar-refractivity contribution in [3.63, 3.8) is 0 Å². The second-order valence-corrected chi connectivity index (χ2v) is 6.55. The third kappa shape index (κ3) is 4.23. The van der Waals surface area contributed by atoms with E-state index in [1.165, 1.54) is 4.88 Å². The summed E-state index contributed by atoms with van der Waals surface area (Å²) in [6, 6.07) is 4.03. The molecule has 16 heavy (non-hydrogen) atoms. The monoisotopic (exact) mass is 304 g/mol. The van der Waals surface area contributed by atoms with E-state index in [2.05, 4.69) is 15.9 Å². The van der Waals surface area contributed by atoms with Gasteiger partial charge >= 0.3 is 0 Å². The first-order valence-corrected chi connectivity index (χ1v) is 6.82. The van der Waals surface area contributed by atoms with Gasteiger partial charge in [-0.3, -0.25) is 4.79 Å². The van der Waals surface area contributed by atoms with Crippen molar-refractivity contribution >= 4 is 33.2 Å². The van der Waals surface area contributed by atoms with Crippen LogP contribution in [0.5, 0.6) is 0 Å². The molecule has 90 valence electrons. The van der Waals surface area contributed by atoms with E-state index in [0.29, 0.717) is 19.5 Å². The predicted octanol–water partition coefficient (Wildman–Crippen LogP) is 2.45. The van der Waals surface area contributed by atoms with Gasteiger partial charge < -0.3 is 10.6 Å². The number of hydrogen-bond acceptors (Lipinski definition) is 3. The number of thiophene rings is 1. The van der Waals surface area contributed by atoms with E-state index in [1.807, 2.05) is 26.1 Å². The Bertz CT molecular complexity index is 354. The number of nitrogens with zero attached hydrogens (tertiary/aromatic N) is 1. The third-order valence-corrected chi connectivity index (χ3v) is 3.98. The highest BCUT2D eigenvalue weighted by atomic mass is 79.9. The minimum absolute atomic E-state index is 0.155. The molecule has 0 aliphatic carbocycles. The number of rotatable bonds is 5. The Morgan fingerprint density at radius 1 is 1.62 bits per heavy atom. The van der Waals surface area contributed by atoms with Crippen LogP contribution >= 0.6 is 27.3 Å². The maximum Gasteiger partial charge on any atom is 0.222 e. The molecule has 0 fully saturated rings. The smallest absolute Gasteiger partial charge is 0.222 e. The Morgan fingerprint density at radius 2 is 2.31 bits per heavy atom. The van der Waals surface area contributed by atoms with Crippen LogP contribution in [0.4, 0.5) is 0 Å². The van der Waals surface area contributed by atoms with Crippen LogP contribution in [0.1, 0.15) is 18.2 Å². The maximum atomic E-state index is 11.8. The summed E-state index contributed by atoms with van der Waals surface area (Å²) < 4.78 is 1.10. The fourth-order valence-corrected chi connectivity index (χ4v) is 2.83. The molecular formula is C11H17BrN2OS. The second-order valence-electron chi connectivity index (χ2n) is 4.00. The first kappa shape index (κ1) is 13.7.